The molecule has 4 heteroatoms. The van der Waals surface area contributed by atoms with Gasteiger partial charge in [0, 0.05) is 27.5 Å². The molecule has 230 valence electrons. The number of nitrogens with zero attached hydrogens (tertiary/aromatic N) is 3. The van der Waals surface area contributed by atoms with E-state index in [0.717, 1.165) is 38.6 Å². The van der Waals surface area contributed by atoms with Crippen molar-refractivity contribution in [2.75, 3.05) is 0 Å². The van der Waals surface area contributed by atoms with Crippen LogP contribution in [0.3, 0.4) is 0 Å². The van der Waals surface area contributed by atoms with Crippen LogP contribution in [-0.2, 0) is 0 Å². The minimum absolute atomic E-state index is 0.0135. The van der Waals surface area contributed by atoms with Gasteiger partial charge in [-0.25, -0.2) is 15.0 Å². The third-order valence-electron chi connectivity index (χ3n) is 8.67. The molecule has 0 saturated heterocycles. The maximum absolute atomic E-state index is 8.57. The molecule has 2 heterocycles. The highest BCUT2D eigenvalue weighted by atomic mass is 16.3. The Morgan fingerprint density at radius 2 is 0.735 bits per heavy atom. The van der Waals surface area contributed by atoms with Crippen molar-refractivity contribution in [2.24, 2.45) is 0 Å². The highest BCUT2D eigenvalue weighted by Gasteiger charge is 2.15. The molecule has 49 heavy (non-hydrogen) atoms. The lowest BCUT2D eigenvalue weighted by molar-refractivity contribution is 0.669. The van der Waals surface area contributed by atoms with Crippen LogP contribution in [0.25, 0.3) is 89.5 Å². The fraction of sp³-hybridized carbons (Fsp3) is 0. The summed E-state index contributed by atoms with van der Waals surface area (Å²) in [7, 11) is 0. The zero-order valence-corrected chi connectivity index (χ0v) is 26.1. The Balaban J connectivity index is 1.07. The fourth-order valence-electron chi connectivity index (χ4n) is 6.13. The summed E-state index contributed by atoms with van der Waals surface area (Å²) < 4.78 is 48.0. The van der Waals surface area contributed by atoms with Crippen LogP contribution in [-0.4, -0.2) is 15.0 Å². The predicted octanol–water partition coefficient (Wildman–Crippen LogP) is 11.8. The molecule has 9 aromatic rings. The molecule has 4 nitrogen and oxygen atoms in total. The number of rotatable bonds is 6. The van der Waals surface area contributed by atoms with E-state index in [9.17, 15) is 0 Å². The standard InChI is InChI=1S/C45H29N3O/c1-4-10-30(11-5-1)31-16-18-32(19-17-31)33-20-22-34(23-21-33)37-24-26-39-40-27-25-38(29-42(40)49-41(39)28-37)45-47-43(35-12-6-2-7-13-35)46-44(48-45)36-14-8-3-9-15-36/h1-29H/i2D,6D,7D,12D,13D. The first kappa shape index (κ1) is 23.6. The average Bonchev–Trinajstić information content (AvgIpc) is 3.60. The van der Waals surface area contributed by atoms with Gasteiger partial charge in [0.2, 0.25) is 0 Å². The summed E-state index contributed by atoms with van der Waals surface area (Å²) in [6.45, 7) is 0. The van der Waals surface area contributed by atoms with E-state index in [0.29, 0.717) is 22.5 Å². The van der Waals surface area contributed by atoms with Gasteiger partial charge in [-0.3, -0.25) is 0 Å². The summed E-state index contributed by atoms with van der Waals surface area (Å²) in [5, 5.41) is 1.90. The minimum atomic E-state index is -0.480. The van der Waals surface area contributed by atoms with Gasteiger partial charge < -0.3 is 4.42 Å². The molecule has 0 bridgehead atoms. The van der Waals surface area contributed by atoms with Crippen LogP contribution < -0.4 is 0 Å². The second kappa shape index (κ2) is 12.2. The Labute approximate surface area is 291 Å². The first-order chi connectivity index (χ1) is 26.3. The summed E-state index contributed by atoms with van der Waals surface area (Å²) in [5.74, 6) is 0.580. The second-order valence-corrected chi connectivity index (χ2v) is 11.7. The Kier molecular flexibility index (Phi) is 5.87. The Morgan fingerprint density at radius 3 is 1.29 bits per heavy atom. The number of aromatic nitrogens is 3. The normalized spacial score (nSPS) is 12.7. The van der Waals surface area contributed by atoms with Gasteiger partial charge in [-0.05, 0) is 57.6 Å². The smallest absolute Gasteiger partial charge is 0.164 e. The Morgan fingerprint density at radius 1 is 0.347 bits per heavy atom. The van der Waals surface area contributed by atoms with Crippen LogP contribution in [0.15, 0.2) is 180 Å². The van der Waals surface area contributed by atoms with Gasteiger partial charge in [-0.15, -0.1) is 0 Å². The number of furan rings is 1. The van der Waals surface area contributed by atoms with E-state index >= 15 is 0 Å². The van der Waals surface area contributed by atoms with Crippen molar-refractivity contribution in [2.45, 2.75) is 0 Å². The molecule has 2 aromatic heterocycles. The molecule has 0 amide bonds. The van der Waals surface area contributed by atoms with E-state index in [1.165, 1.54) is 11.1 Å². The van der Waals surface area contributed by atoms with Gasteiger partial charge in [-0.1, -0.05) is 152 Å². The lowest BCUT2D eigenvalue weighted by Gasteiger charge is -2.08. The van der Waals surface area contributed by atoms with Crippen LogP contribution in [0.2, 0.25) is 0 Å². The molecule has 0 fully saturated rings. The maximum atomic E-state index is 8.57. The number of benzene rings is 7. The number of hydrogen-bond acceptors (Lipinski definition) is 4. The van der Waals surface area contributed by atoms with Gasteiger partial charge in [0.15, 0.2) is 17.5 Å². The molecule has 0 aliphatic heterocycles. The first-order valence-corrected chi connectivity index (χ1v) is 15.9. The van der Waals surface area contributed by atoms with Crippen molar-refractivity contribution >= 4 is 21.9 Å². The summed E-state index contributed by atoms with van der Waals surface area (Å²) in [4.78, 5) is 14.0. The van der Waals surface area contributed by atoms with Crippen molar-refractivity contribution in [3.05, 3.63) is 176 Å². The van der Waals surface area contributed by atoms with Crippen molar-refractivity contribution < 1.29 is 11.3 Å². The van der Waals surface area contributed by atoms with E-state index in [1.807, 2.05) is 60.7 Å². The van der Waals surface area contributed by atoms with Crippen molar-refractivity contribution in [1.82, 2.24) is 15.0 Å². The van der Waals surface area contributed by atoms with Gasteiger partial charge in [0.1, 0.15) is 11.2 Å². The Bertz CT molecular complexity index is 2830. The van der Waals surface area contributed by atoms with Crippen LogP contribution in [0.1, 0.15) is 6.85 Å². The van der Waals surface area contributed by atoms with E-state index in [4.69, 9.17) is 16.3 Å². The summed E-state index contributed by atoms with van der Waals surface area (Å²) >= 11 is 0. The van der Waals surface area contributed by atoms with E-state index in [1.54, 1.807) is 0 Å². The van der Waals surface area contributed by atoms with E-state index < -0.39 is 18.1 Å². The van der Waals surface area contributed by atoms with Crippen molar-refractivity contribution in [3.8, 4) is 67.5 Å². The second-order valence-electron chi connectivity index (χ2n) is 11.7. The lowest BCUT2D eigenvalue weighted by atomic mass is 9.97. The monoisotopic (exact) mass is 632 g/mol. The molecule has 0 aliphatic rings. The van der Waals surface area contributed by atoms with Crippen molar-refractivity contribution in [1.29, 1.82) is 0 Å². The molecule has 0 unspecified atom stereocenters. The molecular formula is C45H29N3O. The molecule has 7 aromatic carbocycles. The van der Waals surface area contributed by atoms with E-state index in [2.05, 4.69) is 94.9 Å². The quantitative estimate of drug-likeness (QED) is 0.183. The van der Waals surface area contributed by atoms with Gasteiger partial charge in [-0.2, -0.15) is 0 Å². The maximum Gasteiger partial charge on any atom is 0.164 e. The molecule has 0 saturated carbocycles. The predicted molar refractivity (Wildman–Crippen MR) is 200 cm³/mol. The zero-order valence-electron chi connectivity index (χ0n) is 31.1. The Hall–Kier alpha value is -6.65. The third-order valence-corrected chi connectivity index (χ3v) is 8.67. The average molecular weight is 633 g/mol. The topological polar surface area (TPSA) is 51.8 Å². The number of hydrogen-bond donors (Lipinski definition) is 0. The molecule has 0 spiro atoms. The van der Waals surface area contributed by atoms with Crippen LogP contribution >= 0.6 is 0 Å². The summed E-state index contributed by atoms with van der Waals surface area (Å²) in [6, 6.07) is 46.6. The minimum Gasteiger partial charge on any atom is -0.456 e. The molecule has 0 N–H and O–H groups in total. The van der Waals surface area contributed by atoms with Crippen LogP contribution in [0.4, 0.5) is 0 Å². The molecule has 0 atom stereocenters. The highest BCUT2D eigenvalue weighted by molar-refractivity contribution is 6.06. The molecular weight excluding hydrogens is 599 g/mol. The highest BCUT2D eigenvalue weighted by Crippen LogP contribution is 2.35. The largest absolute Gasteiger partial charge is 0.456 e. The molecule has 0 radical (unpaired) electrons. The SMILES string of the molecule is [2H]c1c([2H])c([2H])c(-c2nc(-c3ccccc3)nc(-c3ccc4c(c3)oc3cc(-c5ccc(-c6ccc(-c7ccccc7)cc6)cc5)ccc34)n2)c([2H])c1[2H]. The molecule has 9 rings (SSSR count). The zero-order chi connectivity index (χ0) is 36.9. The fourth-order valence-corrected chi connectivity index (χ4v) is 6.13. The lowest BCUT2D eigenvalue weighted by Crippen LogP contribution is -2.00. The number of fused-ring (bicyclic) bond motifs is 3. The summed E-state index contributed by atoms with van der Waals surface area (Å²) in [6.07, 6.45) is 0. The van der Waals surface area contributed by atoms with Gasteiger partial charge in [0.25, 0.3) is 0 Å². The third kappa shape index (κ3) is 5.56. The van der Waals surface area contributed by atoms with Crippen LogP contribution in [0, 0.1) is 0 Å². The van der Waals surface area contributed by atoms with Gasteiger partial charge >= 0.3 is 0 Å². The van der Waals surface area contributed by atoms with Crippen molar-refractivity contribution in [3.63, 3.8) is 0 Å². The first-order valence-electron chi connectivity index (χ1n) is 18.4. The van der Waals surface area contributed by atoms with Crippen LogP contribution in [0.5, 0.6) is 0 Å². The van der Waals surface area contributed by atoms with E-state index in [-0.39, 0.29) is 29.3 Å². The van der Waals surface area contributed by atoms with Gasteiger partial charge in [0.05, 0.1) is 6.85 Å². The molecule has 0 aliphatic carbocycles. The summed E-state index contributed by atoms with van der Waals surface area (Å²) in [5.41, 5.74) is 9.38.